The molecule has 2 nitrogen and oxygen atoms in total. The Bertz CT molecular complexity index is 216. The van der Waals surface area contributed by atoms with E-state index >= 15 is 0 Å². The number of hydrogen-bond donors (Lipinski definition) is 0. The molecule has 0 aliphatic carbocycles. The van der Waals surface area contributed by atoms with Crippen molar-refractivity contribution in [2.75, 3.05) is 0 Å². The summed E-state index contributed by atoms with van der Waals surface area (Å²) in [5.74, 6) is 0. The lowest BCUT2D eigenvalue weighted by atomic mass is 10.1. The fourth-order valence-corrected chi connectivity index (χ4v) is 1.54. The lowest BCUT2D eigenvalue weighted by molar-refractivity contribution is 0.613. The van der Waals surface area contributed by atoms with Crippen molar-refractivity contribution in [1.82, 2.24) is 9.78 Å². The normalized spacial score (nSPS) is 10.6. The maximum atomic E-state index is 4.34. The first-order chi connectivity index (χ1) is 5.83. The molecule has 1 aromatic heterocycles. The average Bonchev–Trinajstić information content (AvgIpc) is 2.48. The summed E-state index contributed by atoms with van der Waals surface area (Å²) in [6.45, 7) is 7.55. The minimum atomic E-state index is 0.995. The highest BCUT2D eigenvalue weighted by Gasteiger charge is 2.05. The number of aromatic nitrogens is 2. The summed E-state index contributed by atoms with van der Waals surface area (Å²) in [5.41, 5.74) is 2.85. The Morgan fingerprint density at radius 2 is 2.08 bits per heavy atom. The minimum absolute atomic E-state index is 0.995. The van der Waals surface area contributed by atoms with Crippen LogP contribution in [0.2, 0.25) is 0 Å². The monoisotopic (exact) mass is 166 g/mol. The Labute approximate surface area is 74.6 Å². The Balaban J connectivity index is 2.90. The second-order valence-corrected chi connectivity index (χ2v) is 3.04. The molecule has 12 heavy (non-hydrogen) atoms. The molecular formula is C10H18N2. The van der Waals surface area contributed by atoms with Gasteiger partial charge < -0.3 is 0 Å². The first-order valence-electron chi connectivity index (χ1n) is 4.87. The third-order valence-corrected chi connectivity index (χ3v) is 2.20. The van der Waals surface area contributed by atoms with Gasteiger partial charge in [0.2, 0.25) is 0 Å². The molecule has 0 aliphatic heterocycles. The van der Waals surface area contributed by atoms with Crippen molar-refractivity contribution in [3.05, 3.63) is 17.5 Å². The van der Waals surface area contributed by atoms with Crippen LogP contribution in [0.25, 0.3) is 0 Å². The van der Waals surface area contributed by atoms with E-state index in [4.69, 9.17) is 0 Å². The number of rotatable bonds is 4. The fraction of sp³-hybridized carbons (Fsp3) is 0.700. The van der Waals surface area contributed by atoms with Gasteiger partial charge in [0.05, 0.1) is 6.20 Å². The van der Waals surface area contributed by atoms with Crippen LogP contribution in [-0.2, 0) is 19.4 Å². The van der Waals surface area contributed by atoms with Gasteiger partial charge in [0.1, 0.15) is 0 Å². The van der Waals surface area contributed by atoms with E-state index < -0.39 is 0 Å². The van der Waals surface area contributed by atoms with Crippen LogP contribution in [0.4, 0.5) is 0 Å². The van der Waals surface area contributed by atoms with Gasteiger partial charge in [-0.05, 0) is 25.3 Å². The van der Waals surface area contributed by atoms with E-state index in [0.717, 1.165) is 19.4 Å². The molecule has 0 bridgehead atoms. The summed E-state index contributed by atoms with van der Waals surface area (Å²) >= 11 is 0. The molecule has 0 saturated heterocycles. The van der Waals surface area contributed by atoms with E-state index in [2.05, 4.69) is 30.6 Å². The topological polar surface area (TPSA) is 17.8 Å². The van der Waals surface area contributed by atoms with Gasteiger partial charge in [0, 0.05) is 12.2 Å². The highest BCUT2D eigenvalue weighted by atomic mass is 15.3. The first kappa shape index (κ1) is 9.30. The fourth-order valence-electron chi connectivity index (χ4n) is 1.54. The van der Waals surface area contributed by atoms with Gasteiger partial charge in [0.25, 0.3) is 0 Å². The largest absolute Gasteiger partial charge is 0.270 e. The molecule has 68 valence electrons. The van der Waals surface area contributed by atoms with Gasteiger partial charge in [-0.25, -0.2) is 0 Å². The van der Waals surface area contributed by atoms with Gasteiger partial charge in [-0.2, -0.15) is 5.10 Å². The molecular weight excluding hydrogens is 148 g/mol. The highest BCUT2D eigenvalue weighted by molar-refractivity contribution is 5.17. The van der Waals surface area contributed by atoms with Crippen molar-refractivity contribution in [1.29, 1.82) is 0 Å². The van der Waals surface area contributed by atoms with Gasteiger partial charge in [-0.3, -0.25) is 4.68 Å². The summed E-state index contributed by atoms with van der Waals surface area (Å²) in [4.78, 5) is 0. The first-order valence-corrected chi connectivity index (χ1v) is 4.87. The van der Waals surface area contributed by atoms with Crippen molar-refractivity contribution in [2.45, 2.75) is 46.6 Å². The summed E-state index contributed by atoms with van der Waals surface area (Å²) in [6.07, 6.45) is 5.49. The predicted octanol–water partition coefficient (Wildman–Crippen LogP) is 2.42. The summed E-state index contributed by atoms with van der Waals surface area (Å²) in [7, 11) is 0. The molecule has 1 heterocycles. The minimum Gasteiger partial charge on any atom is -0.270 e. The van der Waals surface area contributed by atoms with E-state index in [1.807, 2.05) is 6.20 Å². The van der Waals surface area contributed by atoms with Gasteiger partial charge in [0.15, 0.2) is 0 Å². The predicted molar refractivity (Wildman–Crippen MR) is 51.3 cm³/mol. The molecule has 0 atom stereocenters. The van der Waals surface area contributed by atoms with Crippen LogP contribution in [0.3, 0.4) is 0 Å². The van der Waals surface area contributed by atoms with Crippen LogP contribution in [0, 0.1) is 0 Å². The average molecular weight is 166 g/mol. The Hall–Kier alpha value is -0.790. The molecule has 0 aliphatic rings. The molecule has 0 amide bonds. The zero-order chi connectivity index (χ0) is 8.97. The second-order valence-electron chi connectivity index (χ2n) is 3.04. The molecule has 2 heteroatoms. The molecule has 0 aromatic carbocycles. The maximum absolute atomic E-state index is 4.34. The van der Waals surface area contributed by atoms with Crippen LogP contribution >= 0.6 is 0 Å². The molecule has 0 N–H and O–H groups in total. The second kappa shape index (κ2) is 4.29. The summed E-state index contributed by atoms with van der Waals surface area (Å²) in [5, 5.41) is 4.34. The van der Waals surface area contributed by atoms with Gasteiger partial charge in [-0.15, -0.1) is 0 Å². The molecule has 0 unspecified atom stereocenters. The molecule has 1 rings (SSSR count). The smallest absolute Gasteiger partial charge is 0.0524 e. The van der Waals surface area contributed by atoms with Crippen molar-refractivity contribution < 1.29 is 0 Å². The zero-order valence-electron chi connectivity index (χ0n) is 8.30. The van der Waals surface area contributed by atoms with Crippen molar-refractivity contribution in [3.63, 3.8) is 0 Å². The molecule has 0 fully saturated rings. The SMILES string of the molecule is CCCc1c(CC)cnn1CC. The van der Waals surface area contributed by atoms with Crippen LogP contribution in [0.1, 0.15) is 38.4 Å². The third kappa shape index (κ3) is 1.68. The molecule has 0 saturated carbocycles. The van der Waals surface area contributed by atoms with Crippen molar-refractivity contribution in [2.24, 2.45) is 0 Å². The number of hydrogen-bond acceptors (Lipinski definition) is 1. The lowest BCUT2D eigenvalue weighted by Crippen LogP contribution is -2.03. The Kier molecular flexibility index (Phi) is 3.32. The van der Waals surface area contributed by atoms with Crippen LogP contribution in [0.5, 0.6) is 0 Å². The number of nitrogens with zero attached hydrogens (tertiary/aromatic N) is 2. The van der Waals surface area contributed by atoms with Crippen molar-refractivity contribution in [3.8, 4) is 0 Å². The zero-order valence-corrected chi connectivity index (χ0v) is 8.30. The number of aryl methyl sites for hydroxylation is 2. The molecule has 0 radical (unpaired) electrons. The standard InChI is InChI=1S/C10H18N2/c1-4-7-10-9(5-2)8-11-12(10)6-3/h8H,4-7H2,1-3H3. The van der Waals surface area contributed by atoms with Crippen LogP contribution in [0.15, 0.2) is 6.20 Å². The van der Waals surface area contributed by atoms with Crippen LogP contribution in [-0.4, -0.2) is 9.78 Å². The summed E-state index contributed by atoms with van der Waals surface area (Å²) in [6, 6.07) is 0. The van der Waals surface area contributed by atoms with E-state index in [1.54, 1.807) is 0 Å². The molecule has 1 aromatic rings. The summed E-state index contributed by atoms with van der Waals surface area (Å²) < 4.78 is 2.11. The van der Waals surface area contributed by atoms with Crippen molar-refractivity contribution >= 4 is 0 Å². The molecule has 0 spiro atoms. The van der Waals surface area contributed by atoms with E-state index in [0.29, 0.717) is 0 Å². The Morgan fingerprint density at radius 1 is 1.33 bits per heavy atom. The quantitative estimate of drug-likeness (QED) is 0.671. The van der Waals surface area contributed by atoms with Gasteiger partial charge in [-0.1, -0.05) is 20.3 Å². The maximum Gasteiger partial charge on any atom is 0.0524 e. The van der Waals surface area contributed by atoms with E-state index in [1.165, 1.54) is 17.7 Å². The van der Waals surface area contributed by atoms with E-state index in [9.17, 15) is 0 Å². The highest BCUT2D eigenvalue weighted by Crippen LogP contribution is 2.11. The Morgan fingerprint density at radius 3 is 2.58 bits per heavy atom. The van der Waals surface area contributed by atoms with Crippen LogP contribution < -0.4 is 0 Å². The lowest BCUT2D eigenvalue weighted by Gasteiger charge is -2.04. The third-order valence-electron chi connectivity index (χ3n) is 2.20. The van der Waals surface area contributed by atoms with E-state index in [-0.39, 0.29) is 0 Å². The van der Waals surface area contributed by atoms with Gasteiger partial charge >= 0.3 is 0 Å².